The second-order valence-corrected chi connectivity index (χ2v) is 7.41. The Morgan fingerprint density at radius 1 is 1.15 bits per heavy atom. The second-order valence-electron chi connectivity index (χ2n) is 7.41. The van der Waals surface area contributed by atoms with Crippen molar-refractivity contribution in [3.63, 3.8) is 0 Å². The lowest BCUT2D eigenvalue weighted by Gasteiger charge is -2.31. The highest BCUT2D eigenvalue weighted by atomic mass is 16.6. The Balaban J connectivity index is 1.71. The third-order valence-corrected chi connectivity index (χ3v) is 5.24. The van der Waals surface area contributed by atoms with E-state index in [1.165, 1.54) is 16.6 Å². The van der Waals surface area contributed by atoms with Crippen molar-refractivity contribution in [1.29, 1.82) is 0 Å². The number of nitrogen functional groups attached to an aromatic ring is 1. The van der Waals surface area contributed by atoms with Crippen LogP contribution in [-0.4, -0.2) is 48.4 Å². The first-order valence-corrected chi connectivity index (χ1v) is 10.3. The number of anilines is 2. The SMILES string of the molecule is COCCN(C(=O)C1COc2ccccc2O1)c1c(N)n(Cc2ccccc2)c(=O)[nH]c1=O. The molecule has 10 nitrogen and oxygen atoms in total. The number of nitrogens with two attached hydrogens (primary N) is 1. The van der Waals surface area contributed by atoms with Crippen molar-refractivity contribution in [3.8, 4) is 11.5 Å². The number of hydrogen-bond acceptors (Lipinski definition) is 7. The molecule has 0 bridgehead atoms. The van der Waals surface area contributed by atoms with Gasteiger partial charge in [-0.05, 0) is 17.7 Å². The molecule has 1 amide bonds. The van der Waals surface area contributed by atoms with Crippen LogP contribution in [0.2, 0.25) is 0 Å². The Morgan fingerprint density at radius 3 is 2.58 bits per heavy atom. The van der Waals surface area contributed by atoms with Crippen LogP contribution in [0.15, 0.2) is 64.2 Å². The van der Waals surface area contributed by atoms with Gasteiger partial charge in [-0.15, -0.1) is 0 Å². The van der Waals surface area contributed by atoms with E-state index in [4.69, 9.17) is 19.9 Å². The van der Waals surface area contributed by atoms with E-state index in [2.05, 4.69) is 4.98 Å². The Hall–Kier alpha value is -4.05. The van der Waals surface area contributed by atoms with Crippen LogP contribution in [0, 0.1) is 0 Å². The summed E-state index contributed by atoms with van der Waals surface area (Å²) in [5.41, 5.74) is 5.50. The molecule has 0 spiro atoms. The van der Waals surface area contributed by atoms with E-state index in [-0.39, 0.29) is 37.8 Å². The molecule has 10 heteroatoms. The van der Waals surface area contributed by atoms with Gasteiger partial charge in [-0.2, -0.15) is 0 Å². The van der Waals surface area contributed by atoms with Crippen molar-refractivity contribution in [1.82, 2.24) is 9.55 Å². The van der Waals surface area contributed by atoms with Crippen LogP contribution in [0.1, 0.15) is 5.56 Å². The number of nitrogens with zero attached hydrogens (tertiary/aromatic N) is 2. The molecule has 1 aliphatic heterocycles. The van der Waals surface area contributed by atoms with E-state index in [0.29, 0.717) is 11.5 Å². The summed E-state index contributed by atoms with van der Waals surface area (Å²) in [5, 5.41) is 0. The zero-order valence-corrected chi connectivity index (χ0v) is 18.0. The number of benzene rings is 2. The number of nitrogens with one attached hydrogen (secondary N) is 1. The number of carbonyl (C=O) groups excluding carboxylic acids is 1. The highest BCUT2D eigenvalue weighted by molar-refractivity contribution is 5.99. The van der Waals surface area contributed by atoms with Crippen LogP contribution in [0.5, 0.6) is 11.5 Å². The fourth-order valence-electron chi connectivity index (χ4n) is 3.59. The molecule has 172 valence electrons. The number of fused-ring (bicyclic) bond motifs is 1. The van der Waals surface area contributed by atoms with Crippen LogP contribution in [0.4, 0.5) is 11.5 Å². The zero-order valence-electron chi connectivity index (χ0n) is 18.0. The first kappa shape index (κ1) is 22.2. The monoisotopic (exact) mass is 452 g/mol. The Bertz CT molecular complexity index is 1250. The molecule has 1 unspecified atom stereocenters. The number of carbonyl (C=O) groups is 1. The molecule has 3 N–H and O–H groups in total. The highest BCUT2D eigenvalue weighted by Gasteiger charge is 2.34. The summed E-state index contributed by atoms with van der Waals surface area (Å²) >= 11 is 0. The summed E-state index contributed by atoms with van der Waals surface area (Å²) in [6, 6.07) is 16.2. The van der Waals surface area contributed by atoms with Gasteiger partial charge in [0.15, 0.2) is 17.2 Å². The molecule has 33 heavy (non-hydrogen) atoms. The highest BCUT2D eigenvalue weighted by Crippen LogP contribution is 2.32. The normalized spacial score (nSPS) is 14.6. The van der Waals surface area contributed by atoms with Gasteiger partial charge in [0.25, 0.3) is 11.5 Å². The molecule has 0 saturated carbocycles. The van der Waals surface area contributed by atoms with E-state index in [1.807, 2.05) is 30.3 Å². The number of rotatable bonds is 7. The third-order valence-electron chi connectivity index (χ3n) is 5.24. The summed E-state index contributed by atoms with van der Waals surface area (Å²) in [6.07, 6.45) is -1.01. The molecule has 1 aliphatic rings. The summed E-state index contributed by atoms with van der Waals surface area (Å²) in [4.78, 5) is 42.2. The summed E-state index contributed by atoms with van der Waals surface area (Å²) in [7, 11) is 1.48. The fourth-order valence-corrected chi connectivity index (χ4v) is 3.59. The molecule has 1 atom stereocenters. The Kier molecular flexibility index (Phi) is 6.45. The van der Waals surface area contributed by atoms with Crippen molar-refractivity contribution in [2.75, 3.05) is 37.5 Å². The summed E-state index contributed by atoms with van der Waals surface area (Å²) in [5.74, 6) is 0.279. The maximum atomic E-state index is 13.4. The zero-order chi connectivity index (χ0) is 23.4. The molecule has 0 saturated heterocycles. The van der Waals surface area contributed by atoms with Gasteiger partial charge >= 0.3 is 5.69 Å². The predicted molar refractivity (Wildman–Crippen MR) is 122 cm³/mol. The predicted octanol–water partition coefficient (Wildman–Crippen LogP) is 0.986. The van der Waals surface area contributed by atoms with Gasteiger partial charge in [0.1, 0.15) is 12.4 Å². The molecule has 0 radical (unpaired) electrons. The number of para-hydroxylation sites is 2. The number of methoxy groups -OCH3 is 1. The lowest BCUT2D eigenvalue weighted by molar-refractivity contribution is -0.127. The standard InChI is InChI=1S/C23H24N4O6/c1-31-12-11-26(22(29)18-14-32-16-9-5-6-10-17(16)33-18)19-20(24)27(23(30)25-21(19)28)13-15-7-3-2-4-8-15/h2-10,18H,11-14,24H2,1H3,(H,25,28,30). The van der Waals surface area contributed by atoms with E-state index < -0.39 is 23.3 Å². The number of H-pyrrole nitrogens is 1. The van der Waals surface area contributed by atoms with Crippen LogP contribution in [0.25, 0.3) is 0 Å². The minimum atomic E-state index is -1.01. The van der Waals surface area contributed by atoms with Gasteiger partial charge in [0, 0.05) is 13.7 Å². The summed E-state index contributed by atoms with van der Waals surface area (Å²) in [6.45, 7) is 0.235. The van der Waals surface area contributed by atoms with Crippen molar-refractivity contribution >= 4 is 17.4 Å². The van der Waals surface area contributed by atoms with E-state index in [0.717, 1.165) is 5.56 Å². The number of hydrogen-bond donors (Lipinski definition) is 2. The first-order chi connectivity index (χ1) is 16.0. The lowest BCUT2D eigenvalue weighted by atomic mass is 10.2. The number of aromatic nitrogens is 2. The minimum Gasteiger partial charge on any atom is -0.485 e. The molecule has 1 aromatic heterocycles. The molecule has 4 rings (SSSR count). The van der Waals surface area contributed by atoms with Gasteiger partial charge in [0.2, 0.25) is 6.10 Å². The topological polar surface area (TPSA) is 129 Å². The van der Waals surface area contributed by atoms with Gasteiger partial charge < -0.3 is 19.9 Å². The quantitative estimate of drug-likeness (QED) is 0.547. The molecule has 3 aromatic rings. The van der Waals surface area contributed by atoms with Crippen LogP contribution < -0.4 is 31.4 Å². The van der Waals surface area contributed by atoms with E-state index in [1.54, 1.807) is 24.3 Å². The number of aromatic amines is 1. The van der Waals surface area contributed by atoms with Crippen molar-refractivity contribution in [2.24, 2.45) is 0 Å². The fraction of sp³-hybridized carbons (Fsp3) is 0.261. The van der Waals surface area contributed by atoms with Crippen LogP contribution in [-0.2, 0) is 16.1 Å². The smallest absolute Gasteiger partial charge is 0.330 e. The average molecular weight is 452 g/mol. The van der Waals surface area contributed by atoms with E-state index in [9.17, 15) is 14.4 Å². The summed E-state index contributed by atoms with van der Waals surface area (Å²) < 4.78 is 17.8. The lowest BCUT2D eigenvalue weighted by Crippen LogP contribution is -2.50. The van der Waals surface area contributed by atoms with Crippen molar-refractivity contribution in [2.45, 2.75) is 12.6 Å². The minimum absolute atomic E-state index is 0.0215. The first-order valence-electron chi connectivity index (χ1n) is 10.3. The molecular weight excluding hydrogens is 428 g/mol. The number of amides is 1. The van der Waals surface area contributed by atoms with Crippen LogP contribution in [0.3, 0.4) is 0 Å². The van der Waals surface area contributed by atoms with Gasteiger partial charge in [-0.25, -0.2) is 4.79 Å². The average Bonchev–Trinajstić information content (AvgIpc) is 2.83. The molecular formula is C23H24N4O6. The maximum Gasteiger partial charge on any atom is 0.330 e. The number of ether oxygens (including phenoxy) is 3. The molecule has 0 fully saturated rings. The van der Waals surface area contributed by atoms with Gasteiger partial charge in [0.05, 0.1) is 13.2 Å². The molecule has 2 aromatic carbocycles. The van der Waals surface area contributed by atoms with E-state index >= 15 is 0 Å². The van der Waals surface area contributed by atoms with Crippen molar-refractivity contribution in [3.05, 3.63) is 81.0 Å². The maximum absolute atomic E-state index is 13.4. The Morgan fingerprint density at radius 2 is 1.85 bits per heavy atom. The largest absolute Gasteiger partial charge is 0.485 e. The molecule has 2 heterocycles. The van der Waals surface area contributed by atoms with Crippen LogP contribution >= 0.6 is 0 Å². The molecule has 0 aliphatic carbocycles. The second kappa shape index (κ2) is 9.61. The Labute approximate surface area is 189 Å². The third kappa shape index (κ3) is 4.60. The van der Waals surface area contributed by atoms with Gasteiger partial charge in [-0.1, -0.05) is 42.5 Å². The van der Waals surface area contributed by atoms with Crippen molar-refractivity contribution < 1.29 is 19.0 Å². The van der Waals surface area contributed by atoms with Gasteiger partial charge in [-0.3, -0.25) is 24.0 Å².